The Kier molecular flexibility index (Phi) is 6.36. The number of rotatable bonds is 7. The van der Waals surface area contributed by atoms with E-state index >= 15 is 0 Å². The minimum Gasteiger partial charge on any atom is -0.494 e. The normalized spacial score (nSPS) is 11.8. The van der Waals surface area contributed by atoms with Crippen molar-refractivity contribution in [1.29, 1.82) is 0 Å². The molecule has 6 nitrogen and oxygen atoms in total. The second-order valence-corrected chi connectivity index (χ2v) is 7.32. The molecule has 0 saturated carbocycles. The largest absolute Gasteiger partial charge is 0.494 e. The Balaban J connectivity index is 1.60. The van der Waals surface area contributed by atoms with E-state index in [4.69, 9.17) is 20.8 Å². The molecular weight excluding hydrogens is 386 g/mol. The maximum atomic E-state index is 12.3. The molecule has 3 aromatic rings. The van der Waals surface area contributed by atoms with E-state index in [0.717, 1.165) is 11.3 Å². The molecule has 0 spiro atoms. The van der Waals surface area contributed by atoms with Crippen LogP contribution in [0.4, 0.5) is 5.69 Å². The summed E-state index contributed by atoms with van der Waals surface area (Å²) in [5.74, 6) is 1.01. The number of halogens is 1. The fourth-order valence-corrected chi connectivity index (χ4v) is 3.03. The number of nitrogens with zero attached hydrogens (tertiary/aromatic N) is 2. The molecule has 3 rings (SSSR count). The minimum absolute atomic E-state index is 0.164. The highest BCUT2D eigenvalue weighted by molar-refractivity contribution is 8.00. The lowest BCUT2D eigenvalue weighted by Gasteiger charge is -2.09. The maximum Gasteiger partial charge on any atom is 0.277 e. The molecule has 0 aliphatic carbocycles. The van der Waals surface area contributed by atoms with Gasteiger partial charge in [-0.25, -0.2) is 0 Å². The number of anilines is 1. The summed E-state index contributed by atoms with van der Waals surface area (Å²) >= 11 is 7.04. The number of aromatic nitrogens is 2. The standard InChI is InChI=1S/C19H18ClN3O3S/c1-3-25-16-10-4-13(5-11-16)18-22-23-19(26-18)27-12(2)17(24)21-15-8-6-14(20)7-9-15/h4-12H,3H2,1-2H3,(H,21,24)/t12-/m0/s1. The van der Waals surface area contributed by atoms with Gasteiger partial charge in [0, 0.05) is 16.3 Å². The third-order valence-corrected chi connectivity index (χ3v) is 4.76. The second-order valence-electron chi connectivity index (χ2n) is 5.59. The number of ether oxygens (including phenoxy) is 1. The van der Waals surface area contributed by atoms with E-state index < -0.39 is 5.25 Å². The van der Waals surface area contributed by atoms with Crippen molar-refractivity contribution in [2.75, 3.05) is 11.9 Å². The van der Waals surface area contributed by atoms with Gasteiger partial charge < -0.3 is 14.5 Å². The summed E-state index contributed by atoms with van der Waals surface area (Å²) in [6.07, 6.45) is 0. The van der Waals surface area contributed by atoms with E-state index in [-0.39, 0.29) is 5.91 Å². The highest BCUT2D eigenvalue weighted by Gasteiger charge is 2.19. The predicted molar refractivity (Wildman–Crippen MR) is 106 cm³/mol. The Labute approximate surface area is 166 Å². The first kappa shape index (κ1) is 19.3. The van der Waals surface area contributed by atoms with Crippen LogP contribution in [-0.4, -0.2) is 28.0 Å². The highest BCUT2D eigenvalue weighted by Crippen LogP contribution is 2.27. The Morgan fingerprint density at radius 3 is 2.56 bits per heavy atom. The SMILES string of the molecule is CCOc1ccc(-c2nnc(S[C@@H](C)C(=O)Nc3ccc(Cl)cc3)o2)cc1. The van der Waals surface area contributed by atoms with E-state index in [0.29, 0.717) is 28.4 Å². The third kappa shape index (κ3) is 5.24. The number of nitrogens with one attached hydrogen (secondary N) is 1. The molecule has 0 aliphatic heterocycles. The van der Waals surface area contributed by atoms with Gasteiger partial charge in [0.1, 0.15) is 5.75 Å². The van der Waals surface area contributed by atoms with E-state index in [1.54, 1.807) is 31.2 Å². The van der Waals surface area contributed by atoms with Crippen molar-refractivity contribution in [2.45, 2.75) is 24.3 Å². The molecule has 0 fully saturated rings. The number of amides is 1. The molecule has 2 aromatic carbocycles. The Bertz CT molecular complexity index is 897. The van der Waals surface area contributed by atoms with Gasteiger partial charge in [0.15, 0.2) is 0 Å². The van der Waals surface area contributed by atoms with Crippen LogP contribution in [0, 0.1) is 0 Å². The first-order valence-corrected chi connectivity index (χ1v) is 9.60. The van der Waals surface area contributed by atoms with Gasteiger partial charge in [-0.15, -0.1) is 10.2 Å². The molecule has 0 saturated heterocycles. The van der Waals surface area contributed by atoms with Crippen molar-refractivity contribution >= 4 is 35.0 Å². The molecule has 1 aromatic heterocycles. The Morgan fingerprint density at radius 1 is 1.19 bits per heavy atom. The number of hydrogen-bond donors (Lipinski definition) is 1. The van der Waals surface area contributed by atoms with Crippen LogP contribution < -0.4 is 10.1 Å². The molecule has 1 N–H and O–H groups in total. The van der Waals surface area contributed by atoms with Crippen LogP contribution in [0.2, 0.25) is 5.02 Å². The van der Waals surface area contributed by atoms with Crippen LogP contribution in [0.3, 0.4) is 0 Å². The van der Waals surface area contributed by atoms with Crippen LogP contribution in [0.1, 0.15) is 13.8 Å². The molecule has 0 unspecified atom stereocenters. The zero-order valence-corrected chi connectivity index (χ0v) is 16.4. The lowest BCUT2D eigenvalue weighted by Crippen LogP contribution is -2.22. The summed E-state index contributed by atoms with van der Waals surface area (Å²) in [6.45, 7) is 4.31. The first-order valence-electron chi connectivity index (χ1n) is 8.35. The van der Waals surface area contributed by atoms with Gasteiger partial charge in [-0.3, -0.25) is 4.79 Å². The molecular formula is C19H18ClN3O3S. The maximum absolute atomic E-state index is 12.3. The molecule has 0 bridgehead atoms. The van der Waals surface area contributed by atoms with Crippen molar-refractivity contribution < 1.29 is 13.9 Å². The van der Waals surface area contributed by atoms with Gasteiger partial charge in [0.25, 0.3) is 5.22 Å². The van der Waals surface area contributed by atoms with Crippen LogP contribution >= 0.6 is 23.4 Å². The van der Waals surface area contributed by atoms with Crippen LogP contribution in [0.15, 0.2) is 58.2 Å². The smallest absolute Gasteiger partial charge is 0.277 e. The van der Waals surface area contributed by atoms with Crippen molar-refractivity contribution in [1.82, 2.24) is 10.2 Å². The second kappa shape index (κ2) is 8.92. The summed E-state index contributed by atoms with van der Waals surface area (Å²) in [6, 6.07) is 14.3. The molecule has 8 heteroatoms. The lowest BCUT2D eigenvalue weighted by molar-refractivity contribution is -0.115. The first-order chi connectivity index (χ1) is 13.0. The van der Waals surface area contributed by atoms with Crippen molar-refractivity contribution in [3.63, 3.8) is 0 Å². The molecule has 0 radical (unpaired) electrons. The van der Waals surface area contributed by atoms with Crippen LogP contribution in [-0.2, 0) is 4.79 Å². The van der Waals surface area contributed by atoms with Gasteiger partial charge in [-0.1, -0.05) is 23.4 Å². The summed E-state index contributed by atoms with van der Waals surface area (Å²) in [5.41, 5.74) is 1.47. The monoisotopic (exact) mass is 403 g/mol. The Morgan fingerprint density at radius 2 is 1.89 bits per heavy atom. The molecule has 27 heavy (non-hydrogen) atoms. The average Bonchev–Trinajstić information content (AvgIpc) is 3.13. The van der Waals surface area contributed by atoms with Gasteiger partial charge >= 0.3 is 0 Å². The number of benzene rings is 2. The fourth-order valence-electron chi connectivity index (χ4n) is 2.22. The average molecular weight is 404 g/mol. The lowest BCUT2D eigenvalue weighted by atomic mass is 10.2. The van der Waals surface area contributed by atoms with Crippen LogP contribution in [0.25, 0.3) is 11.5 Å². The fraction of sp³-hybridized carbons (Fsp3) is 0.211. The van der Waals surface area contributed by atoms with Gasteiger partial charge in [-0.05, 0) is 62.4 Å². The number of carbonyl (C=O) groups is 1. The van der Waals surface area contributed by atoms with Gasteiger partial charge in [-0.2, -0.15) is 0 Å². The summed E-state index contributed by atoms with van der Waals surface area (Å²) in [7, 11) is 0. The quantitative estimate of drug-likeness (QED) is 0.565. The van der Waals surface area contributed by atoms with E-state index in [1.165, 1.54) is 11.8 Å². The van der Waals surface area contributed by atoms with E-state index in [1.807, 2.05) is 31.2 Å². The third-order valence-electron chi connectivity index (χ3n) is 3.58. The topological polar surface area (TPSA) is 77.2 Å². The van der Waals surface area contributed by atoms with Gasteiger partial charge in [0.05, 0.1) is 11.9 Å². The predicted octanol–water partition coefficient (Wildman–Crippen LogP) is 4.91. The zero-order valence-electron chi connectivity index (χ0n) is 14.8. The minimum atomic E-state index is -0.408. The number of carbonyl (C=O) groups excluding carboxylic acids is 1. The number of hydrogen-bond acceptors (Lipinski definition) is 6. The molecule has 140 valence electrons. The summed E-state index contributed by atoms with van der Waals surface area (Å²) in [5, 5.41) is 11.4. The molecule has 1 heterocycles. The highest BCUT2D eigenvalue weighted by atomic mass is 35.5. The Hall–Kier alpha value is -2.51. The van der Waals surface area contributed by atoms with E-state index in [9.17, 15) is 4.79 Å². The van der Waals surface area contributed by atoms with Crippen molar-refractivity contribution in [3.8, 4) is 17.2 Å². The molecule has 0 aliphatic rings. The van der Waals surface area contributed by atoms with Gasteiger partial charge in [0.2, 0.25) is 11.8 Å². The van der Waals surface area contributed by atoms with Crippen LogP contribution in [0.5, 0.6) is 5.75 Å². The molecule has 1 atom stereocenters. The zero-order chi connectivity index (χ0) is 19.2. The van der Waals surface area contributed by atoms with Crippen molar-refractivity contribution in [3.05, 3.63) is 53.6 Å². The van der Waals surface area contributed by atoms with E-state index in [2.05, 4.69) is 15.5 Å². The summed E-state index contributed by atoms with van der Waals surface area (Å²) in [4.78, 5) is 12.3. The summed E-state index contributed by atoms with van der Waals surface area (Å²) < 4.78 is 11.1. The number of thioether (sulfide) groups is 1. The molecule has 1 amide bonds. The van der Waals surface area contributed by atoms with Crippen molar-refractivity contribution in [2.24, 2.45) is 0 Å².